The minimum Gasteiger partial charge on any atom is -0.497 e. The predicted molar refractivity (Wildman–Crippen MR) is 128 cm³/mol. The van der Waals surface area contributed by atoms with Crippen LogP contribution in [0.15, 0.2) is 47.6 Å². The Morgan fingerprint density at radius 2 is 2.00 bits per heavy atom. The Labute approximate surface area is 198 Å². The van der Waals surface area contributed by atoms with Gasteiger partial charge in [-0.25, -0.2) is 19.9 Å². The van der Waals surface area contributed by atoms with Crippen molar-refractivity contribution < 1.29 is 14.3 Å². The number of amides is 1. The molecule has 0 aliphatic carbocycles. The molecule has 2 aliphatic heterocycles. The number of fused-ring (bicyclic) bond motifs is 1. The van der Waals surface area contributed by atoms with Crippen LogP contribution >= 0.6 is 0 Å². The van der Waals surface area contributed by atoms with E-state index in [2.05, 4.69) is 16.7 Å². The minimum absolute atomic E-state index is 0.0714. The van der Waals surface area contributed by atoms with Gasteiger partial charge in [0.15, 0.2) is 11.6 Å². The average Bonchev–Trinajstić information content (AvgIpc) is 3.05. The molecular weight excluding hydrogens is 430 g/mol. The van der Waals surface area contributed by atoms with E-state index in [0.717, 1.165) is 54.0 Å². The third-order valence-electron chi connectivity index (χ3n) is 6.42. The lowest BCUT2D eigenvalue weighted by Gasteiger charge is -2.18. The Morgan fingerprint density at radius 3 is 2.74 bits per heavy atom. The van der Waals surface area contributed by atoms with Crippen LogP contribution in [0.1, 0.15) is 52.5 Å². The van der Waals surface area contributed by atoms with Crippen LogP contribution in [0.2, 0.25) is 0 Å². The van der Waals surface area contributed by atoms with Crippen LogP contribution in [-0.4, -0.2) is 52.8 Å². The molecular formula is C26H27N5O3. The summed E-state index contributed by atoms with van der Waals surface area (Å²) in [6.45, 7) is 5.98. The number of aliphatic imine (C=N–C) groups is 1. The summed E-state index contributed by atoms with van der Waals surface area (Å²) in [6, 6.07) is 11.4. The Kier molecular flexibility index (Phi) is 6.31. The number of nitrogens with zero attached hydrogens (tertiary/aromatic N) is 5. The summed E-state index contributed by atoms with van der Waals surface area (Å²) in [5, 5.41) is 0. The molecule has 4 heterocycles. The number of rotatable bonds is 6. The highest BCUT2D eigenvalue weighted by molar-refractivity contribution is 5.97. The molecule has 0 bridgehead atoms. The maximum Gasteiger partial charge on any atom is 0.273 e. The summed E-state index contributed by atoms with van der Waals surface area (Å²) in [5.74, 6) is 2.00. The molecule has 2 aromatic heterocycles. The van der Waals surface area contributed by atoms with Gasteiger partial charge in [0.25, 0.3) is 5.91 Å². The molecule has 0 radical (unpaired) electrons. The van der Waals surface area contributed by atoms with Crippen molar-refractivity contribution in [2.45, 2.75) is 38.3 Å². The van der Waals surface area contributed by atoms with Gasteiger partial charge in [0, 0.05) is 43.0 Å². The topological polar surface area (TPSA) is 89.8 Å². The second-order valence-electron chi connectivity index (χ2n) is 8.57. The molecule has 1 saturated heterocycles. The molecule has 1 unspecified atom stereocenters. The van der Waals surface area contributed by atoms with Crippen molar-refractivity contribution in [2.24, 2.45) is 4.99 Å². The van der Waals surface area contributed by atoms with Crippen LogP contribution in [0.3, 0.4) is 0 Å². The molecule has 8 heteroatoms. The van der Waals surface area contributed by atoms with Crippen LogP contribution in [0.5, 0.6) is 5.75 Å². The Morgan fingerprint density at radius 1 is 1.15 bits per heavy atom. The molecule has 1 amide bonds. The Balaban J connectivity index is 1.51. The maximum atomic E-state index is 13.5. The first kappa shape index (κ1) is 22.2. The lowest BCUT2D eigenvalue weighted by atomic mass is 9.92. The molecule has 174 valence electrons. The molecule has 5 rings (SSSR count). The van der Waals surface area contributed by atoms with Gasteiger partial charge in [-0.2, -0.15) is 0 Å². The van der Waals surface area contributed by atoms with Crippen LogP contribution in [-0.2, 0) is 17.8 Å². The monoisotopic (exact) mass is 457 g/mol. The molecule has 1 aromatic carbocycles. The van der Waals surface area contributed by atoms with Crippen molar-refractivity contribution >= 4 is 18.4 Å². The van der Waals surface area contributed by atoms with Crippen molar-refractivity contribution in [1.82, 2.24) is 19.9 Å². The number of hydrogen-bond acceptors (Lipinski definition) is 7. The van der Waals surface area contributed by atoms with Gasteiger partial charge in [0.2, 0.25) is 0 Å². The molecule has 0 saturated carbocycles. The van der Waals surface area contributed by atoms with E-state index in [-0.39, 0.29) is 11.8 Å². The first-order valence-corrected chi connectivity index (χ1v) is 11.5. The van der Waals surface area contributed by atoms with Crippen molar-refractivity contribution in [3.05, 3.63) is 65.1 Å². The Bertz CT molecular complexity index is 1190. The second kappa shape index (κ2) is 9.69. The third kappa shape index (κ3) is 4.41. The number of aromatic nitrogens is 3. The lowest BCUT2D eigenvalue weighted by Crippen LogP contribution is -2.23. The molecule has 1 fully saturated rings. The zero-order valence-corrected chi connectivity index (χ0v) is 19.2. The molecule has 3 aromatic rings. The van der Waals surface area contributed by atoms with Gasteiger partial charge in [-0.05, 0) is 55.8 Å². The predicted octanol–water partition coefficient (Wildman–Crippen LogP) is 4.32. The van der Waals surface area contributed by atoms with E-state index in [9.17, 15) is 4.79 Å². The standard InChI is InChI=1S/C26H27N5O3/c1-27-22-10-7-19(14-28-22)25-29-23(18-4-3-12-34-13-11-18)21-16-31(26(32)24(21)30-25)15-17-5-8-20(33-2)9-6-17/h5-10,14,18H,1,3-4,11-13,15-16H2,2H3. The molecule has 1 atom stereocenters. The summed E-state index contributed by atoms with van der Waals surface area (Å²) in [6.07, 6.45) is 4.52. The SMILES string of the molecule is C=Nc1ccc(-c2nc3c(c(C4CCCOCC4)n2)CN(Cc2ccc(OC)cc2)C3=O)cn1. The lowest BCUT2D eigenvalue weighted by molar-refractivity contribution is 0.0762. The maximum absolute atomic E-state index is 13.5. The fourth-order valence-corrected chi connectivity index (χ4v) is 4.58. The molecule has 34 heavy (non-hydrogen) atoms. The summed E-state index contributed by atoms with van der Waals surface area (Å²) >= 11 is 0. The number of pyridine rings is 1. The molecule has 0 N–H and O–H groups in total. The quantitative estimate of drug-likeness (QED) is 0.512. The zero-order valence-electron chi connectivity index (χ0n) is 19.2. The van der Waals surface area contributed by atoms with Gasteiger partial charge in [-0.3, -0.25) is 4.79 Å². The normalized spacial score (nSPS) is 17.9. The van der Waals surface area contributed by atoms with E-state index in [1.807, 2.05) is 35.2 Å². The van der Waals surface area contributed by atoms with Gasteiger partial charge in [0.05, 0.1) is 19.3 Å². The van der Waals surface area contributed by atoms with E-state index in [0.29, 0.717) is 37.0 Å². The van der Waals surface area contributed by atoms with Crippen LogP contribution < -0.4 is 4.74 Å². The van der Waals surface area contributed by atoms with Crippen molar-refractivity contribution in [3.8, 4) is 17.1 Å². The Hall–Kier alpha value is -3.65. The van der Waals surface area contributed by atoms with E-state index in [4.69, 9.17) is 19.4 Å². The first-order chi connectivity index (χ1) is 16.7. The van der Waals surface area contributed by atoms with E-state index in [1.54, 1.807) is 19.4 Å². The fraction of sp³-hybridized carbons (Fsp3) is 0.346. The molecule has 0 spiro atoms. The van der Waals surface area contributed by atoms with Gasteiger partial charge in [0.1, 0.15) is 11.4 Å². The van der Waals surface area contributed by atoms with Crippen LogP contribution in [0.25, 0.3) is 11.4 Å². The van der Waals surface area contributed by atoms with Gasteiger partial charge in [-0.15, -0.1) is 0 Å². The van der Waals surface area contributed by atoms with Crippen LogP contribution in [0, 0.1) is 0 Å². The molecule has 2 aliphatic rings. The van der Waals surface area contributed by atoms with E-state index >= 15 is 0 Å². The zero-order chi connectivity index (χ0) is 23.5. The summed E-state index contributed by atoms with van der Waals surface area (Å²) in [7, 11) is 1.64. The summed E-state index contributed by atoms with van der Waals surface area (Å²) in [4.78, 5) is 33.1. The largest absolute Gasteiger partial charge is 0.497 e. The second-order valence-corrected chi connectivity index (χ2v) is 8.57. The summed E-state index contributed by atoms with van der Waals surface area (Å²) < 4.78 is 10.9. The number of hydrogen-bond donors (Lipinski definition) is 0. The van der Waals surface area contributed by atoms with Gasteiger partial charge >= 0.3 is 0 Å². The average molecular weight is 458 g/mol. The van der Waals surface area contributed by atoms with Crippen molar-refractivity contribution in [3.63, 3.8) is 0 Å². The van der Waals surface area contributed by atoms with E-state index in [1.165, 1.54) is 0 Å². The van der Waals surface area contributed by atoms with Gasteiger partial charge < -0.3 is 14.4 Å². The smallest absolute Gasteiger partial charge is 0.273 e. The molecule has 8 nitrogen and oxygen atoms in total. The number of ether oxygens (including phenoxy) is 2. The number of carbonyl (C=O) groups excluding carboxylic acids is 1. The highest BCUT2D eigenvalue weighted by Gasteiger charge is 2.35. The summed E-state index contributed by atoms with van der Waals surface area (Å²) in [5.41, 5.74) is 4.18. The highest BCUT2D eigenvalue weighted by atomic mass is 16.5. The van der Waals surface area contributed by atoms with Crippen molar-refractivity contribution in [1.29, 1.82) is 0 Å². The van der Waals surface area contributed by atoms with E-state index < -0.39 is 0 Å². The number of carbonyl (C=O) groups is 1. The number of methoxy groups -OCH3 is 1. The minimum atomic E-state index is -0.0714. The van der Waals surface area contributed by atoms with Crippen LogP contribution in [0.4, 0.5) is 5.82 Å². The highest BCUT2D eigenvalue weighted by Crippen LogP contribution is 2.35. The first-order valence-electron chi connectivity index (χ1n) is 11.5. The fourth-order valence-electron chi connectivity index (χ4n) is 4.58. The van der Waals surface area contributed by atoms with Crippen molar-refractivity contribution in [2.75, 3.05) is 20.3 Å². The third-order valence-corrected chi connectivity index (χ3v) is 6.42. The van der Waals surface area contributed by atoms with Gasteiger partial charge in [-0.1, -0.05) is 12.1 Å². The number of benzene rings is 1.